The predicted molar refractivity (Wildman–Crippen MR) is 126 cm³/mol. The molecule has 2 amide bonds. The highest BCUT2D eigenvalue weighted by Gasteiger charge is 2.43. The van der Waals surface area contributed by atoms with E-state index in [0.29, 0.717) is 24.5 Å². The van der Waals surface area contributed by atoms with Crippen molar-refractivity contribution in [3.63, 3.8) is 0 Å². The fourth-order valence-corrected chi connectivity index (χ4v) is 6.27. The monoisotopic (exact) mass is 455 g/mol. The van der Waals surface area contributed by atoms with Crippen LogP contribution in [0, 0.1) is 5.92 Å². The average Bonchev–Trinajstić information content (AvgIpc) is 3.46. The van der Waals surface area contributed by atoms with Crippen LogP contribution < -0.4 is 4.90 Å². The van der Waals surface area contributed by atoms with Crippen LogP contribution in [0.5, 0.6) is 0 Å². The number of hydrogen-bond donors (Lipinski definition) is 0. The van der Waals surface area contributed by atoms with E-state index in [0.717, 1.165) is 83.6 Å². The van der Waals surface area contributed by atoms with Gasteiger partial charge in [-0.25, -0.2) is 4.79 Å². The number of benzene rings is 1. The maximum Gasteiger partial charge on any atom is 0.409 e. The molecule has 4 aliphatic rings. The first-order valence-corrected chi connectivity index (χ1v) is 12.8. The quantitative estimate of drug-likeness (QED) is 0.679. The van der Waals surface area contributed by atoms with E-state index in [2.05, 4.69) is 34.1 Å². The molecular formula is C26H37N3O4. The third-order valence-corrected chi connectivity index (χ3v) is 8.07. The third kappa shape index (κ3) is 4.62. The molecule has 180 valence electrons. The SMILES string of the molecule is CCOC(=O)N1CCC(N2CCC(N3C(=O)C(CC4CCOC4)c4ccccc43)CC2)CC1. The van der Waals surface area contributed by atoms with Crippen LogP contribution in [-0.2, 0) is 14.3 Å². The number of ether oxygens (including phenoxy) is 2. The molecule has 5 rings (SSSR count). The highest BCUT2D eigenvalue weighted by atomic mass is 16.6. The second-order valence-electron chi connectivity index (χ2n) is 9.97. The third-order valence-electron chi connectivity index (χ3n) is 8.07. The Hall–Kier alpha value is -2.12. The second-order valence-corrected chi connectivity index (χ2v) is 9.97. The van der Waals surface area contributed by atoms with Crippen LogP contribution in [-0.4, -0.2) is 79.9 Å². The van der Waals surface area contributed by atoms with Crippen molar-refractivity contribution in [2.75, 3.05) is 50.9 Å². The summed E-state index contributed by atoms with van der Waals surface area (Å²) in [6.45, 7) is 7.47. The molecule has 33 heavy (non-hydrogen) atoms. The number of carbonyl (C=O) groups excluding carboxylic acids is 2. The maximum atomic E-state index is 13.6. The van der Waals surface area contributed by atoms with E-state index >= 15 is 0 Å². The topological polar surface area (TPSA) is 62.3 Å². The van der Waals surface area contributed by atoms with Gasteiger partial charge in [-0.05, 0) is 63.0 Å². The molecule has 1 aromatic carbocycles. The summed E-state index contributed by atoms with van der Waals surface area (Å²) >= 11 is 0. The van der Waals surface area contributed by atoms with Gasteiger partial charge in [-0.3, -0.25) is 4.79 Å². The molecule has 1 aromatic rings. The Morgan fingerprint density at radius 2 is 1.76 bits per heavy atom. The zero-order valence-corrected chi connectivity index (χ0v) is 19.8. The second kappa shape index (κ2) is 10.0. The average molecular weight is 456 g/mol. The predicted octanol–water partition coefficient (Wildman–Crippen LogP) is 3.63. The summed E-state index contributed by atoms with van der Waals surface area (Å²) < 4.78 is 10.7. The Morgan fingerprint density at radius 3 is 2.45 bits per heavy atom. The van der Waals surface area contributed by atoms with Gasteiger partial charge in [-0.2, -0.15) is 0 Å². The molecule has 0 spiro atoms. The van der Waals surface area contributed by atoms with Gasteiger partial charge in [-0.15, -0.1) is 0 Å². The van der Waals surface area contributed by atoms with E-state index in [1.807, 2.05) is 11.8 Å². The Bertz CT molecular complexity index is 840. The van der Waals surface area contributed by atoms with Gasteiger partial charge in [-0.1, -0.05) is 18.2 Å². The number of nitrogens with zero attached hydrogens (tertiary/aromatic N) is 3. The van der Waals surface area contributed by atoms with E-state index in [-0.39, 0.29) is 18.1 Å². The van der Waals surface area contributed by atoms with Crippen molar-refractivity contribution in [1.29, 1.82) is 0 Å². The molecule has 2 unspecified atom stereocenters. The first-order chi connectivity index (χ1) is 16.2. The number of fused-ring (bicyclic) bond motifs is 1. The Morgan fingerprint density at radius 1 is 1.03 bits per heavy atom. The van der Waals surface area contributed by atoms with Gasteiger partial charge in [0, 0.05) is 57.2 Å². The van der Waals surface area contributed by atoms with Gasteiger partial charge < -0.3 is 24.2 Å². The Labute approximate surface area is 197 Å². The first-order valence-electron chi connectivity index (χ1n) is 12.8. The molecule has 3 saturated heterocycles. The van der Waals surface area contributed by atoms with E-state index in [4.69, 9.17) is 9.47 Å². The summed E-state index contributed by atoms with van der Waals surface area (Å²) in [5, 5.41) is 0. The molecule has 4 aliphatic heterocycles. The van der Waals surface area contributed by atoms with Crippen molar-refractivity contribution in [3.8, 4) is 0 Å². The van der Waals surface area contributed by atoms with Gasteiger partial charge in [0.25, 0.3) is 0 Å². The number of amides is 2. The van der Waals surface area contributed by atoms with Gasteiger partial charge in [0.05, 0.1) is 12.5 Å². The number of piperidine rings is 2. The normalized spacial score (nSPS) is 27.2. The zero-order chi connectivity index (χ0) is 22.8. The molecule has 0 N–H and O–H groups in total. The minimum absolute atomic E-state index is 0.0156. The molecule has 0 radical (unpaired) electrons. The highest BCUT2D eigenvalue weighted by Crippen LogP contribution is 2.44. The van der Waals surface area contributed by atoms with Crippen LogP contribution in [0.3, 0.4) is 0 Å². The summed E-state index contributed by atoms with van der Waals surface area (Å²) in [7, 11) is 0. The molecule has 0 saturated carbocycles. The largest absolute Gasteiger partial charge is 0.450 e. The standard InChI is InChI=1S/C26H37N3O4/c1-2-33-26(31)28-14-7-20(8-15-28)27-12-9-21(10-13-27)29-24-6-4-3-5-22(24)23(25(29)30)17-19-11-16-32-18-19/h3-6,19-21,23H,2,7-18H2,1H3. The van der Waals surface area contributed by atoms with Crippen LogP contribution in [0.1, 0.15) is 56.9 Å². The van der Waals surface area contributed by atoms with Crippen molar-refractivity contribution in [2.45, 2.75) is 63.5 Å². The smallest absolute Gasteiger partial charge is 0.409 e. The number of para-hydroxylation sites is 1. The summed E-state index contributed by atoms with van der Waals surface area (Å²) in [5.74, 6) is 0.775. The summed E-state index contributed by atoms with van der Waals surface area (Å²) in [4.78, 5) is 32.1. The molecular weight excluding hydrogens is 418 g/mol. The lowest BCUT2D eigenvalue weighted by Gasteiger charge is -2.43. The van der Waals surface area contributed by atoms with E-state index in [9.17, 15) is 9.59 Å². The molecule has 7 nitrogen and oxygen atoms in total. The van der Waals surface area contributed by atoms with Gasteiger partial charge >= 0.3 is 6.09 Å². The van der Waals surface area contributed by atoms with Crippen LogP contribution in [0.15, 0.2) is 24.3 Å². The highest BCUT2D eigenvalue weighted by molar-refractivity contribution is 6.05. The van der Waals surface area contributed by atoms with E-state index in [1.54, 1.807) is 0 Å². The summed E-state index contributed by atoms with van der Waals surface area (Å²) in [6, 6.07) is 9.22. The minimum Gasteiger partial charge on any atom is -0.450 e. The van der Waals surface area contributed by atoms with Crippen LogP contribution in [0.25, 0.3) is 0 Å². The fourth-order valence-electron chi connectivity index (χ4n) is 6.27. The maximum absolute atomic E-state index is 13.6. The first kappa shape index (κ1) is 22.7. The number of hydrogen-bond acceptors (Lipinski definition) is 5. The molecule has 7 heteroatoms. The molecule has 0 aromatic heterocycles. The van der Waals surface area contributed by atoms with Crippen LogP contribution >= 0.6 is 0 Å². The fraction of sp³-hybridized carbons (Fsp3) is 0.692. The number of rotatable bonds is 5. The van der Waals surface area contributed by atoms with Crippen LogP contribution in [0.4, 0.5) is 10.5 Å². The van der Waals surface area contributed by atoms with Gasteiger partial charge in [0.2, 0.25) is 5.91 Å². The summed E-state index contributed by atoms with van der Waals surface area (Å²) in [5.41, 5.74) is 2.34. The van der Waals surface area contributed by atoms with Crippen molar-refractivity contribution < 1.29 is 19.1 Å². The molecule has 0 aliphatic carbocycles. The van der Waals surface area contributed by atoms with Crippen molar-refractivity contribution >= 4 is 17.7 Å². The Balaban J connectivity index is 1.19. The van der Waals surface area contributed by atoms with Crippen molar-refractivity contribution in [3.05, 3.63) is 29.8 Å². The molecule has 3 fully saturated rings. The minimum atomic E-state index is -0.181. The summed E-state index contributed by atoms with van der Waals surface area (Å²) in [6.07, 6.45) is 5.82. The number of anilines is 1. The van der Waals surface area contributed by atoms with Crippen LogP contribution in [0.2, 0.25) is 0 Å². The number of carbonyl (C=O) groups is 2. The molecule has 2 atom stereocenters. The number of likely N-dealkylation sites (tertiary alicyclic amines) is 2. The zero-order valence-electron chi connectivity index (χ0n) is 19.8. The van der Waals surface area contributed by atoms with Crippen molar-refractivity contribution in [1.82, 2.24) is 9.80 Å². The molecule has 4 heterocycles. The Kier molecular flexibility index (Phi) is 6.88. The van der Waals surface area contributed by atoms with E-state index in [1.165, 1.54) is 5.56 Å². The lowest BCUT2D eigenvalue weighted by molar-refractivity contribution is -0.120. The van der Waals surface area contributed by atoms with Gasteiger partial charge in [0.1, 0.15) is 0 Å². The van der Waals surface area contributed by atoms with E-state index < -0.39 is 0 Å². The lowest BCUT2D eigenvalue weighted by atomic mass is 9.89. The van der Waals surface area contributed by atoms with Crippen molar-refractivity contribution in [2.24, 2.45) is 5.92 Å². The lowest BCUT2D eigenvalue weighted by Crippen LogP contribution is -2.52. The molecule has 0 bridgehead atoms. The van der Waals surface area contributed by atoms with Gasteiger partial charge in [0.15, 0.2) is 0 Å².